The number of rotatable bonds is 6. The number of nitrogens with one attached hydrogen (secondary N) is 1. The van der Waals surface area contributed by atoms with Crippen LogP contribution in [0.3, 0.4) is 0 Å². The number of anilines is 2. The first kappa shape index (κ1) is 23.9. The van der Waals surface area contributed by atoms with Crippen LogP contribution in [0.2, 0.25) is 0 Å². The number of hydrogen-bond donors (Lipinski definition) is 1. The minimum absolute atomic E-state index is 0.104. The van der Waals surface area contributed by atoms with E-state index >= 15 is 0 Å². The van der Waals surface area contributed by atoms with Gasteiger partial charge in [0.1, 0.15) is 17.2 Å². The number of carbonyl (C=O) groups excluding carboxylic acids is 2. The van der Waals surface area contributed by atoms with E-state index in [1.54, 1.807) is 17.2 Å². The highest BCUT2D eigenvalue weighted by Gasteiger charge is 2.26. The van der Waals surface area contributed by atoms with Crippen molar-refractivity contribution in [3.8, 4) is 0 Å². The predicted octanol–water partition coefficient (Wildman–Crippen LogP) is 3.62. The van der Waals surface area contributed by atoms with Gasteiger partial charge in [-0.05, 0) is 46.8 Å². The molecule has 0 aromatic carbocycles. The van der Waals surface area contributed by atoms with E-state index in [2.05, 4.69) is 20.4 Å². The van der Waals surface area contributed by atoms with Gasteiger partial charge in [-0.25, -0.2) is 9.78 Å². The van der Waals surface area contributed by atoms with Crippen LogP contribution in [0.4, 0.5) is 16.3 Å². The smallest absolute Gasteiger partial charge is 0.410 e. The van der Waals surface area contributed by atoms with Crippen molar-refractivity contribution < 1.29 is 18.8 Å². The van der Waals surface area contributed by atoms with Crippen molar-refractivity contribution in [2.24, 2.45) is 0 Å². The third-order valence-electron chi connectivity index (χ3n) is 4.97. The number of pyridine rings is 1. The van der Waals surface area contributed by atoms with E-state index in [9.17, 15) is 9.59 Å². The van der Waals surface area contributed by atoms with Gasteiger partial charge in [0.2, 0.25) is 5.91 Å². The minimum Gasteiger partial charge on any atom is -0.444 e. The summed E-state index contributed by atoms with van der Waals surface area (Å²) < 4.78 is 10.6. The quantitative estimate of drug-likeness (QED) is 0.696. The van der Waals surface area contributed by atoms with Gasteiger partial charge < -0.3 is 24.4 Å². The lowest BCUT2D eigenvalue weighted by molar-refractivity contribution is -0.113. The molecule has 0 spiro atoms. The Bertz CT molecular complexity index is 911. The van der Waals surface area contributed by atoms with Crippen molar-refractivity contribution in [2.45, 2.75) is 46.0 Å². The molecule has 32 heavy (non-hydrogen) atoms. The van der Waals surface area contributed by atoms with Crippen molar-refractivity contribution in [3.63, 3.8) is 0 Å². The predicted molar refractivity (Wildman–Crippen MR) is 125 cm³/mol. The third-order valence-corrected chi connectivity index (χ3v) is 5.93. The zero-order valence-corrected chi connectivity index (χ0v) is 20.1. The Morgan fingerprint density at radius 1 is 1.19 bits per heavy atom. The van der Waals surface area contributed by atoms with Crippen molar-refractivity contribution >= 4 is 35.3 Å². The number of aryl methyl sites for hydroxylation is 2. The molecule has 0 unspecified atom stereocenters. The van der Waals surface area contributed by atoms with E-state index in [1.807, 2.05) is 40.7 Å². The molecule has 174 valence electrons. The van der Waals surface area contributed by atoms with Crippen LogP contribution in [-0.4, -0.2) is 64.6 Å². The molecule has 1 N–H and O–H groups in total. The van der Waals surface area contributed by atoms with Gasteiger partial charge in [0, 0.05) is 37.5 Å². The highest BCUT2D eigenvalue weighted by molar-refractivity contribution is 7.99. The number of nitrogens with zero attached hydrogens (tertiary/aromatic N) is 4. The average molecular weight is 462 g/mol. The van der Waals surface area contributed by atoms with E-state index in [1.165, 1.54) is 11.8 Å². The summed E-state index contributed by atoms with van der Waals surface area (Å²) in [4.78, 5) is 32.7. The number of aromatic nitrogens is 2. The molecule has 1 fully saturated rings. The molecule has 0 atom stereocenters. The molecular formula is C22H31N5O4S. The van der Waals surface area contributed by atoms with Crippen LogP contribution >= 0.6 is 11.8 Å². The molecule has 1 aliphatic rings. The molecule has 10 heteroatoms. The Morgan fingerprint density at radius 2 is 1.91 bits per heavy atom. The Hall–Kier alpha value is -2.75. The SMILES string of the molecule is Cc1noc(C)c1CSCC(=O)Nc1ccc(N2CCN(C(=O)OC(C)(C)C)CC2)cn1. The van der Waals surface area contributed by atoms with Gasteiger partial charge in [-0.1, -0.05) is 5.16 Å². The fraction of sp³-hybridized carbons (Fsp3) is 0.545. The summed E-state index contributed by atoms with van der Waals surface area (Å²) in [6.45, 7) is 12.0. The van der Waals surface area contributed by atoms with Gasteiger partial charge in [-0.2, -0.15) is 0 Å². The zero-order chi connectivity index (χ0) is 23.3. The molecule has 9 nitrogen and oxygen atoms in total. The van der Waals surface area contributed by atoms with Gasteiger partial charge >= 0.3 is 6.09 Å². The second-order valence-electron chi connectivity index (χ2n) is 8.70. The molecular weight excluding hydrogens is 430 g/mol. The number of carbonyl (C=O) groups is 2. The van der Waals surface area contributed by atoms with Crippen molar-refractivity contribution in [3.05, 3.63) is 35.3 Å². The monoisotopic (exact) mass is 461 g/mol. The maximum atomic E-state index is 12.2. The van der Waals surface area contributed by atoms with Crippen molar-refractivity contribution in [2.75, 3.05) is 42.1 Å². The summed E-state index contributed by atoms with van der Waals surface area (Å²) in [7, 11) is 0. The van der Waals surface area contributed by atoms with Crippen LogP contribution in [0, 0.1) is 13.8 Å². The van der Waals surface area contributed by atoms with E-state index < -0.39 is 5.60 Å². The molecule has 2 aromatic rings. The van der Waals surface area contributed by atoms with Crippen LogP contribution in [-0.2, 0) is 15.3 Å². The lowest BCUT2D eigenvalue weighted by Crippen LogP contribution is -2.50. The summed E-state index contributed by atoms with van der Waals surface area (Å²) in [5, 5.41) is 6.75. The van der Waals surface area contributed by atoms with E-state index in [4.69, 9.17) is 9.26 Å². The van der Waals surface area contributed by atoms with Gasteiger partial charge in [0.15, 0.2) is 0 Å². The van der Waals surface area contributed by atoms with Crippen LogP contribution in [0.15, 0.2) is 22.9 Å². The first-order valence-corrected chi connectivity index (χ1v) is 11.8. The minimum atomic E-state index is -0.495. The Balaban J connectivity index is 1.43. The van der Waals surface area contributed by atoms with Crippen molar-refractivity contribution in [1.29, 1.82) is 0 Å². The molecule has 2 amide bonds. The summed E-state index contributed by atoms with van der Waals surface area (Å²) in [6, 6.07) is 3.73. The maximum Gasteiger partial charge on any atom is 0.410 e. The van der Waals surface area contributed by atoms with Crippen LogP contribution in [0.5, 0.6) is 0 Å². The highest BCUT2D eigenvalue weighted by Crippen LogP contribution is 2.21. The largest absolute Gasteiger partial charge is 0.444 e. The molecule has 0 radical (unpaired) electrons. The third kappa shape index (κ3) is 6.62. The second-order valence-corrected chi connectivity index (χ2v) is 9.69. The van der Waals surface area contributed by atoms with Crippen LogP contribution in [0.1, 0.15) is 37.8 Å². The fourth-order valence-corrected chi connectivity index (χ4v) is 4.23. The standard InChI is InChI=1S/C22H31N5O4S/c1-15-18(16(2)31-25-15)13-32-14-20(28)24-19-7-6-17(12-23-19)26-8-10-27(11-9-26)21(29)30-22(3,4)5/h6-7,12H,8-11,13-14H2,1-5H3,(H,23,24,28). The molecule has 2 aromatic heterocycles. The summed E-state index contributed by atoms with van der Waals surface area (Å²) in [5.74, 6) is 2.20. The zero-order valence-electron chi connectivity index (χ0n) is 19.3. The van der Waals surface area contributed by atoms with Gasteiger partial charge in [-0.15, -0.1) is 11.8 Å². The Kier molecular flexibility index (Phi) is 7.65. The van der Waals surface area contributed by atoms with Gasteiger partial charge in [-0.3, -0.25) is 4.79 Å². The van der Waals surface area contributed by atoms with Crippen LogP contribution < -0.4 is 10.2 Å². The number of ether oxygens (including phenoxy) is 1. The molecule has 0 saturated carbocycles. The number of piperazine rings is 1. The number of amides is 2. The normalized spacial score (nSPS) is 14.4. The fourth-order valence-electron chi connectivity index (χ4n) is 3.25. The van der Waals surface area contributed by atoms with Crippen LogP contribution in [0.25, 0.3) is 0 Å². The maximum absolute atomic E-state index is 12.2. The molecule has 0 bridgehead atoms. The summed E-state index contributed by atoms with van der Waals surface area (Å²) >= 11 is 1.51. The average Bonchev–Trinajstić information content (AvgIpc) is 3.05. The van der Waals surface area contributed by atoms with E-state index in [0.717, 1.165) is 22.7 Å². The van der Waals surface area contributed by atoms with E-state index in [-0.39, 0.29) is 12.0 Å². The highest BCUT2D eigenvalue weighted by atomic mass is 32.2. The second kappa shape index (κ2) is 10.2. The Labute approximate surface area is 192 Å². The lowest BCUT2D eigenvalue weighted by Gasteiger charge is -2.36. The Morgan fingerprint density at radius 3 is 2.47 bits per heavy atom. The molecule has 3 rings (SSSR count). The summed E-state index contributed by atoms with van der Waals surface area (Å²) in [6.07, 6.45) is 1.47. The number of hydrogen-bond acceptors (Lipinski definition) is 8. The molecule has 0 aliphatic carbocycles. The van der Waals surface area contributed by atoms with Crippen molar-refractivity contribution in [1.82, 2.24) is 15.0 Å². The van der Waals surface area contributed by atoms with Gasteiger partial charge in [0.05, 0.1) is 23.3 Å². The molecule has 1 saturated heterocycles. The first-order valence-electron chi connectivity index (χ1n) is 10.6. The summed E-state index contributed by atoms with van der Waals surface area (Å²) in [5.41, 5.74) is 2.36. The molecule has 1 aliphatic heterocycles. The first-order chi connectivity index (χ1) is 15.1. The topological polar surface area (TPSA) is 101 Å². The lowest BCUT2D eigenvalue weighted by atomic mass is 10.2. The number of thioether (sulfide) groups is 1. The molecule has 3 heterocycles. The van der Waals surface area contributed by atoms with E-state index in [0.29, 0.717) is 43.5 Å². The van der Waals surface area contributed by atoms with Gasteiger partial charge in [0.25, 0.3) is 0 Å².